The maximum Gasteiger partial charge on any atom is 0.245 e. The molecule has 1 aromatic carbocycles. The number of ether oxygens (including phenoxy) is 1. The highest BCUT2D eigenvalue weighted by atomic mass is 19.1. The van der Waals surface area contributed by atoms with Crippen LogP contribution in [0.15, 0.2) is 24.3 Å². The van der Waals surface area contributed by atoms with E-state index in [2.05, 4.69) is 10.6 Å². The minimum Gasteiger partial charge on any atom is -0.382 e. The molecule has 19 heavy (non-hydrogen) atoms. The molecular weight excluding hydrogens is 251 g/mol. The van der Waals surface area contributed by atoms with E-state index in [1.54, 1.807) is 12.1 Å². The summed E-state index contributed by atoms with van der Waals surface area (Å²) < 4.78 is 24.5. The third kappa shape index (κ3) is 5.48. The first-order chi connectivity index (χ1) is 9.56. The summed E-state index contributed by atoms with van der Waals surface area (Å²) in [5, 5.41) is 5.00. The monoisotopic (exact) mass is 269 g/mol. The zero-order valence-electron chi connectivity index (χ0n) is 11.6. The number of carbonyl (C=O) groups is 2. The third-order valence-electron chi connectivity index (χ3n) is 2.37. The van der Waals surface area contributed by atoms with Crippen molar-refractivity contribution in [2.45, 2.75) is 19.5 Å². The number of hydrogen-bond acceptors (Lipinski definition) is 3. The molecule has 1 rings (SSSR count). The van der Waals surface area contributed by atoms with E-state index in [4.69, 9.17) is 6.11 Å². The molecule has 0 aliphatic heterocycles. The first-order valence-corrected chi connectivity index (χ1v) is 5.66. The normalized spacial score (nSPS) is 12.4. The Morgan fingerprint density at radius 2 is 2.11 bits per heavy atom. The van der Waals surface area contributed by atoms with Crippen molar-refractivity contribution >= 4 is 11.8 Å². The van der Waals surface area contributed by atoms with Crippen LogP contribution in [0.2, 0.25) is 0 Å². The number of nitrogens with one attached hydrogen (secondary N) is 2. The van der Waals surface area contributed by atoms with Gasteiger partial charge in [-0.25, -0.2) is 4.39 Å². The highest BCUT2D eigenvalue weighted by molar-refractivity contribution is 5.86. The Balaban J connectivity index is 2.52. The average molecular weight is 269 g/mol. The molecule has 5 nitrogen and oxygen atoms in total. The predicted molar refractivity (Wildman–Crippen MR) is 67.7 cm³/mol. The molecule has 1 atom stereocenters. The lowest BCUT2D eigenvalue weighted by molar-refractivity contribution is -0.129. The predicted octanol–water partition coefficient (Wildman–Crippen LogP) is 0.593. The van der Waals surface area contributed by atoms with Gasteiger partial charge < -0.3 is 15.4 Å². The molecule has 2 amide bonds. The van der Waals surface area contributed by atoms with E-state index in [1.807, 2.05) is 0 Å². The maximum absolute atomic E-state index is 12.7. The molecular formula is C13H17FN2O3. The smallest absolute Gasteiger partial charge is 0.245 e. The second kappa shape index (κ2) is 7.48. The average Bonchev–Trinajstić information content (AvgIpc) is 2.45. The second-order valence-corrected chi connectivity index (χ2v) is 3.92. The van der Waals surface area contributed by atoms with E-state index in [0.717, 1.165) is 5.56 Å². The van der Waals surface area contributed by atoms with Crippen molar-refractivity contribution in [3.05, 3.63) is 35.6 Å². The fourth-order valence-electron chi connectivity index (χ4n) is 1.46. The van der Waals surface area contributed by atoms with E-state index >= 15 is 0 Å². The van der Waals surface area contributed by atoms with Crippen molar-refractivity contribution in [2.24, 2.45) is 0 Å². The Morgan fingerprint density at radius 3 is 2.68 bits per heavy atom. The fraction of sp³-hybridized carbons (Fsp3) is 0.385. The van der Waals surface area contributed by atoms with Crippen LogP contribution in [0, 0.1) is 5.82 Å². The molecule has 0 radical (unpaired) electrons. The van der Waals surface area contributed by atoms with Gasteiger partial charge in [0.15, 0.2) is 0 Å². The minimum atomic E-state index is -0.849. The van der Waals surface area contributed by atoms with Gasteiger partial charge >= 0.3 is 0 Å². The molecule has 0 aliphatic rings. The van der Waals surface area contributed by atoms with Gasteiger partial charge in [-0.1, -0.05) is 12.1 Å². The lowest BCUT2D eigenvalue weighted by Gasteiger charge is -2.16. The number of benzene rings is 1. The lowest BCUT2D eigenvalue weighted by Crippen LogP contribution is -2.48. The van der Waals surface area contributed by atoms with Crippen LogP contribution < -0.4 is 10.6 Å². The summed E-state index contributed by atoms with van der Waals surface area (Å²) in [6.07, 6.45) is 0. The summed E-state index contributed by atoms with van der Waals surface area (Å²) in [5.74, 6) is -1.32. The number of methoxy groups -OCH3 is 1. The quantitative estimate of drug-likeness (QED) is 0.794. The van der Waals surface area contributed by atoms with Crippen molar-refractivity contribution in [1.82, 2.24) is 10.6 Å². The summed E-state index contributed by atoms with van der Waals surface area (Å²) >= 11 is 0. The van der Waals surface area contributed by atoms with Crippen molar-refractivity contribution in [1.29, 1.82) is 0 Å². The summed E-state index contributed by atoms with van der Waals surface area (Å²) in [6, 6.07) is 4.87. The van der Waals surface area contributed by atoms with Gasteiger partial charge in [-0.3, -0.25) is 9.59 Å². The topological polar surface area (TPSA) is 67.4 Å². The fourth-order valence-corrected chi connectivity index (χ4v) is 1.46. The first kappa shape index (κ1) is 13.5. The molecule has 0 heterocycles. The number of halogens is 1. The van der Waals surface area contributed by atoms with E-state index in [1.165, 1.54) is 19.2 Å². The number of carbonyl (C=O) groups excluding carboxylic acids is 2. The molecule has 1 aromatic rings. The molecule has 0 fully saturated rings. The summed E-state index contributed by atoms with van der Waals surface area (Å²) in [7, 11) is 1.41. The minimum absolute atomic E-state index is 0.0149. The van der Waals surface area contributed by atoms with Gasteiger partial charge in [-0.15, -0.1) is 0 Å². The van der Waals surface area contributed by atoms with Crippen LogP contribution in [0.25, 0.3) is 0 Å². The SMILES string of the molecule is [2H]CC(=O)N[C@@H](COC)C(=O)NCc1ccc(F)cc1. The van der Waals surface area contributed by atoms with Crippen LogP contribution in [0.4, 0.5) is 4.39 Å². The number of hydrogen-bond donors (Lipinski definition) is 2. The van der Waals surface area contributed by atoms with Crippen LogP contribution >= 0.6 is 0 Å². The summed E-state index contributed by atoms with van der Waals surface area (Å²) in [4.78, 5) is 23.0. The molecule has 6 heteroatoms. The van der Waals surface area contributed by atoms with Crippen molar-refractivity contribution < 1.29 is 20.1 Å². The van der Waals surface area contributed by atoms with Gasteiger partial charge in [0, 0.05) is 21.9 Å². The number of amides is 2. The molecule has 2 N–H and O–H groups in total. The number of rotatable bonds is 6. The molecule has 104 valence electrons. The highest BCUT2D eigenvalue weighted by Gasteiger charge is 2.18. The lowest BCUT2D eigenvalue weighted by atomic mass is 10.2. The van der Waals surface area contributed by atoms with E-state index < -0.39 is 24.8 Å². The molecule has 0 saturated carbocycles. The van der Waals surface area contributed by atoms with E-state index in [-0.39, 0.29) is 19.0 Å². The summed E-state index contributed by atoms with van der Waals surface area (Å²) in [6.45, 7) is -0.220. The zero-order valence-corrected chi connectivity index (χ0v) is 10.6. The van der Waals surface area contributed by atoms with Gasteiger partial charge in [-0.05, 0) is 17.7 Å². The van der Waals surface area contributed by atoms with Crippen molar-refractivity contribution in [3.63, 3.8) is 0 Å². The Labute approximate surface area is 112 Å². The molecule has 0 aliphatic carbocycles. The van der Waals surface area contributed by atoms with Gasteiger partial charge in [0.05, 0.1) is 6.61 Å². The Kier molecular flexibility index (Phi) is 5.31. The standard InChI is InChI=1S/C13H17FN2O3/c1-9(17)16-12(8-19-2)13(18)15-7-10-3-5-11(14)6-4-10/h3-6,12H,7-8H2,1-2H3,(H,15,18)(H,16,17)/t12-/m0/s1/i1D. The molecule has 0 bridgehead atoms. The summed E-state index contributed by atoms with van der Waals surface area (Å²) in [5.41, 5.74) is 0.739. The van der Waals surface area contributed by atoms with Crippen molar-refractivity contribution in [3.8, 4) is 0 Å². The Hall–Kier alpha value is -1.95. The molecule has 0 saturated heterocycles. The van der Waals surface area contributed by atoms with Crippen LogP contribution in [-0.4, -0.2) is 31.6 Å². The Morgan fingerprint density at radius 1 is 1.42 bits per heavy atom. The zero-order chi connectivity index (χ0) is 15.0. The van der Waals surface area contributed by atoms with Crippen LogP contribution in [0.1, 0.15) is 13.8 Å². The largest absolute Gasteiger partial charge is 0.382 e. The Bertz CT molecular complexity index is 453. The van der Waals surface area contributed by atoms with E-state index in [0.29, 0.717) is 0 Å². The van der Waals surface area contributed by atoms with Gasteiger partial charge in [0.1, 0.15) is 11.9 Å². The van der Waals surface area contributed by atoms with Gasteiger partial charge in [0.25, 0.3) is 0 Å². The second-order valence-electron chi connectivity index (χ2n) is 3.92. The molecule has 0 spiro atoms. The van der Waals surface area contributed by atoms with Crippen molar-refractivity contribution in [2.75, 3.05) is 13.7 Å². The van der Waals surface area contributed by atoms with Gasteiger partial charge in [0.2, 0.25) is 11.8 Å². The van der Waals surface area contributed by atoms with E-state index in [9.17, 15) is 14.0 Å². The molecule has 0 unspecified atom stereocenters. The highest BCUT2D eigenvalue weighted by Crippen LogP contribution is 2.02. The van der Waals surface area contributed by atoms with Crippen LogP contribution in [0.3, 0.4) is 0 Å². The van der Waals surface area contributed by atoms with Gasteiger partial charge in [-0.2, -0.15) is 0 Å². The first-order valence-electron chi connectivity index (χ1n) is 6.37. The molecule has 0 aromatic heterocycles. The third-order valence-corrected chi connectivity index (χ3v) is 2.37. The maximum atomic E-state index is 12.7. The van der Waals surface area contributed by atoms with Crippen LogP contribution in [0.5, 0.6) is 0 Å². The van der Waals surface area contributed by atoms with Crippen LogP contribution in [-0.2, 0) is 20.9 Å².